The molecule has 2 heterocycles. The molecule has 0 radical (unpaired) electrons. The molecule has 0 saturated carbocycles. The third kappa shape index (κ3) is 2.64. The van der Waals surface area contributed by atoms with Crippen LogP contribution in [0.4, 0.5) is 5.69 Å². The van der Waals surface area contributed by atoms with Crippen LogP contribution >= 0.6 is 11.8 Å². The molecule has 1 aliphatic rings. The number of hydrogen-bond donors (Lipinski definition) is 0. The molecular formula is C13H15N3O3S. The average Bonchev–Trinajstić information content (AvgIpc) is 3.06. The molecule has 1 aromatic heterocycles. The fraction of sp³-hybridized carbons (Fsp3) is 0.462. The molecule has 1 atom stereocenters. The van der Waals surface area contributed by atoms with Crippen LogP contribution in [-0.4, -0.2) is 39.4 Å². The number of aromatic nitrogens is 1. The highest BCUT2D eigenvalue weighted by molar-refractivity contribution is 7.99. The van der Waals surface area contributed by atoms with Crippen molar-refractivity contribution in [1.82, 2.24) is 9.88 Å². The SMILES string of the molecule is CN(Cc1nc2cc([N+](=O)[O-])ccc2o1)C1CCSC1. The van der Waals surface area contributed by atoms with E-state index in [1.54, 1.807) is 6.07 Å². The summed E-state index contributed by atoms with van der Waals surface area (Å²) >= 11 is 1.96. The highest BCUT2D eigenvalue weighted by Crippen LogP contribution is 2.25. The van der Waals surface area contributed by atoms with E-state index < -0.39 is 4.92 Å². The standard InChI is InChI=1S/C13H15N3O3S/c1-15(10-4-5-20-8-10)7-13-14-11-6-9(16(17)18)2-3-12(11)19-13/h2-3,6,10H,4-5,7-8H2,1H3. The summed E-state index contributed by atoms with van der Waals surface area (Å²) in [5, 5.41) is 10.7. The summed E-state index contributed by atoms with van der Waals surface area (Å²) in [6, 6.07) is 5.06. The fourth-order valence-electron chi connectivity index (χ4n) is 2.36. The molecule has 2 aromatic rings. The highest BCUT2D eigenvalue weighted by Gasteiger charge is 2.21. The van der Waals surface area contributed by atoms with E-state index in [0.717, 1.165) is 5.75 Å². The van der Waals surface area contributed by atoms with Gasteiger partial charge in [0, 0.05) is 23.9 Å². The molecule has 106 valence electrons. The average molecular weight is 293 g/mol. The van der Waals surface area contributed by atoms with E-state index in [1.165, 1.54) is 24.3 Å². The molecule has 1 saturated heterocycles. The first kappa shape index (κ1) is 13.4. The summed E-state index contributed by atoms with van der Waals surface area (Å²) in [6.07, 6.45) is 1.19. The second-order valence-corrected chi connectivity index (χ2v) is 6.10. The summed E-state index contributed by atoms with van der Waals surface area (Å²) in [5.41, 5.74) is 1.18. The summed E-state index contributed by atoms with van der Waals surface area (Å²) in [4.78, 5) is 16.9. The molecule has 20 heavy (non-hydrogen) atoms. The van der Waals surface area contributed by atoms with Crippen LogP contribution < -0.4 is 0 Å². The predicted molar refractivity (Wildman–Crippen MR) is 77.9 cm³/mol. The Balaban J connectivity index is 1.79. The maximum Gasteiger partial charge on any atom is 0.271 e. The molecular weight excluding hydrogens is 278 g/mol. The highest BCUT2D eigenvalue weighted by atomic mass is 32.2. The van der Waals surface area contributed by atoms with E-state index in [-0.39, 0.29) is 5.69 Å². The summed E-state index contributed by atoms with van der Waals surface area (Å²) in [5.74, 6) is 2.96. The third-order valence-corrected chi connectivity index (χ3v) is 4.68. The largest absolute Gasteiger partial charge is 0.439 e. The maximum absolute atomic E-state index is 10.7. The molecule has 0 spiro atoms. The van der Waals surface area contributed by atoms with Gasteiger partial charge in [-0.25, -0.2) is 4.98 Å². The van der Waals surface area contributed by atoms with Crippen LogP contribution in [0.3, 0.4) is 0 Å². The van der Waals surface area contributed by atoms with Gasteiger partial charge in [-0.05, 0) is 25.3 Å². The second-order valence-electron chi connectivity index (χ2n) is 4.95. The molecule has 1 fully saturated rings. The van der Waals surface area contributed by atoms with Gasteiger partial charge in [-0.3, -0.25) is 15.0 Å². The summed E-state index contributed by atoms with van der Waals surface area (Å²) in [7, 11) is 2.06. The molecule has 1 aromatic carbocycles. The lowest BCUT2D eigenvalue weighted by Crippen LogP contribution is -2.30. The zero-order chi connectivity index (χ0) is 14.1. The zero-order valence-electron chi connectivity index (χ0n) is 11.1. The Bertz CT molecular complexity index is 637. The van der Waals surface area contributed by atoms with Crippen LogP contribution in [-0.2, 0) is 6.54 Å². The summed E-state index contributed by atoms with van der Waals surface area (Å²) in [6.45, 7) is 0.633. The number of oxazole rings is 1. The van der Waals surface area contributed by atoms with Gasteiger partial charge < -0.3 is 4.42 Å². The fourth-order valence-corrected chi connectivity index (χ4v) is 3.66. The first-order valence-electron chi connectivity index (χ1n) is 6.45. The number of nitro benzene ring substituents is 1. The molecule has 0 aliphatic carbocycles. The quantitative estimate of drug-likeness (QED) is 0.637. The number of benzene rings is 1. The van der Waals surface area contributed by atoms with Crippen molar-refractivity contribution in [2.24, 2.45) is 0 Å². The van der Waals surface area contributed by atoms with E-state index in [9.17, 15) is 10.1 Å². The van der Waals surface area contributed by atoms with E-state index in [4.69, 9.17) is 4.42 Å². The van der Waals surface area contributed by atoms with Gasteiger partial charge in [-0.15, -0.1) is 0 Å². The first-order valence-corrected chi connectivity index (χ1v) is 7.61. The van der Waals surface area contributed by atoms with Gasteiger partial charge in [0.05, 0.1) is 11.5 Å². The molecule has 6 nitrogen and oxygen atoms in total. The van der Waals surface area contributed by atoms with Crippen molar-refractivity contribution >= 4 is 28.5 Å². The van der Waals surface area contributed by atoms with Gasteiger partial charge in [0.15, 0.2) is 5.58 Å². The van der Waals surface area contributed by atoms with Crippen LogP contribution in [0.2, 0.25) is 0 Å². The molecule has 3 rings (SSSR count). The molecule has 1 unspecified atom stereocenters. The predicted octanol–water partition coefficient (Wildman–Crippen LogP) is 2.67. The van der Waals surface area contributed by atoms with E-state index in [2.05, 4.69) is 16.9 Å². The van der Waals surface area contributed by atoms with E-state index in [1.807, 2.05) is 11.8 Å². The van der Waals surface area contributed by atoms with Crippen molar-refractivity contribution in [3.05, 3.63) is 34.2 Å². The number of non-ortho nitro benzene ring substituents is 1. The van der Waals surface area contributed by atoms with Gasteiger partial charge in [0.25, 0.3) is 5.69 Å². The van der Waals surface area contributed by atoms with Gasteiger partial charge in [0.1, 0.15) is 5.52 Å². The Kier molecular flexibility index (Phi) is 3.62. The second kappa shape index (κ2) is 5.41. The van der Waals surface area contributed by atoms with Crippen molar-refractivity contribution in [1.29, 1.82) is 0 Å². The number of nitrogens with zero attached hydrogens (tertiary/aromatic N) is 3. The first-order chi connectivity index (χ1) is 9.63. The molecule has 1 aliphatic heterocycles. The number of nitro groups is 1. The lowest BCUT2D eigenvalue weighted by Gasteiger charge is -2.21. The van der Waals surface area contributed by atoms with Gasteiger partial charge >= 0.3 is 0 Å². The van der Waals surface area contributed by atoms with Crippen LogP contribution in [0.5, 0.6) is 0 Å². The zero-order valence-corrected chi connectivity index (χ0v) is 11.9. The third-order valence-electron chi connectivity index (χ3n) is 3.54. The normalized spacial score (nSPS) is 19.0. The van der Waals surface area contributed by atoms with Crippen LogP contribution in [0.25, 0.3) is 11.1 Å². The van der Waals surface area contributed by atoms with Crippen LogP contribution in [0.15, 0.2) is 22.6 Å². The van der Waals surface area contributed by atoms with E-state index >= 15 is 0 Å². The van der Waals surface area contributed by atoms with E-state index in [0.29, 0.717) is 29.6 Å². The van der Waals surface area contributed by atoms with Gasteiger partial charge in [0.2, 0.25) is 5.89 Å². The van der Waals surface area contributed by atoms with Crippen LogP contribution in [0, 0.1) is 10.1 Å². The molecule has 0 amide bonds. The van der Waals surface area contributed by atoms with Crippen molar-refractivity contribution in [2.45, 2.75) is 19.0 Å². The number of fused-ring (bicyclic) bond motifs is 1. The van der Waals surface area contributed by atoms with Crippen molar-refractivity contribution in [3.8, 4) is 0 Å². The van der Waals surface area contributed by atoms with Crippen LogP contribution in [0.1, 0.15) is 12.3 Å². The lowest BCUT2D eigenvalue weighted by molar-refractivity contribution is -0.384. The Morgan fingerprint density at radius 2 is 2.45 bits per heavy atom. The minimum atomic E-state index is -0.421. The smallest absolute Gasteiger partial charge is 0.271 e. The van der Waals surface area contributed by atoms with Crippen molar-refractivity contribution in [3.63, 3.8) is 0 Å². The Hall–Kier alpha value is -1.60. The Labute approximate surface area is 120 Å². The van der Waals surface area contributed by atoms with Crippen molar-refractivity contribution < 1.29 is 9.34 Å². The van der Waals surface area contributed by atoms with Crippen molar-refractivity contribution in [2.75, 3.05) is 18.6 Å². The number of hydrogen-bond acceptors (Lipinski definition) is 6. The maximum atomic E-state index is 10.7. The molecule has 0 bridgehead atoms. The topological polar surface area (TPSA) is 72.4 Å². The van der Waals surface area contributed by atoms with Gasteiger partial charge in [-0.2, -0.15) is 11.8 Å². The molecule has 0 N–H and O–H groups in total. The minimum Gasteiger partial charge on any atom is -0.439 e. The minimum absolute atomic E-state index is 0.0397. The Morgan fingerprint density at radius 3 is 3.15 bits per heavy atom. The molecule has 7 heteroatoms. The Morgan fingerprint density at radius 1 is 1.60 bits per heavy atom. The number of thioether (sulfide) groups is 1. The number of rotatable bonds is 4. The lowest BCUT2D eigenvalue weighted by atomic mass is 10.2. The monoisotopic (exact) mass is 293 g/mol. The summed E-state index contributed by atoms with van der Waals surface area (Å²) < 4.78 is 5.65. The van der Waals surface area contributed by atoms with Gasteiger partial charge in [-0.1, -0.05) is 0 Å².